The maximum absolute atomic E-state index is 12.2. The zero-order valence-electron chi connectivity index (χ0n) is 14.6. The molecule has 0 spiro atoms. The third-order valence-corrected chi connectivity index (χ3v) is 5.47. The lowest BCUT2D eigenvalue weighted by Gasteiger charge is -2.29. The van der Waals surface area contributed by atoms with Gasteiger partial charge in [0.1, 0.15) is 5.75 Å². The lowest BCUT2D eigenvalue weighted by Crippen LogP contribution is -2.41. The molecule has 1 fully saturated rings. The van der Waals surface area contributed by atoms with Crippen molar-refractivity contribution >= 4 is 17.7 Å². The summed E-state index contributed by atoms with van der Waals surface area (Å²) in [6, 6.07) is 7.91. The fraction of sp³-hybridized carbons (Fsp3) is 0.500. The van der Waals surface area contributed by atoms with Gasteiger partial charge in [0.05, 0.1) is 12.9 Å². The van der Waals surface area contributed by atoms with Gasteiger partial charge in [-0.05, 0) is 43.0 Å². The van der Waals surface area contributed by atoms with Gasteiger partial charge in [-0.15, -0.1) is 5.10 Å². The molecule has 1 amide bonds. The van der Waals surface area contributed by atoms with Gasteiger partial charge in [-0.2, -0.15) is 0 Å². The summed E-state index contributed by atoms with van der Waals surface area (Å²) in [6.45, 7) is 2.22. The van der Waals surface area contributed by atoms with E-state index in [1.165, 1.54) is 31.0 Å². The molecule has 1 heterocycles. The summed E-state index contributed by atoms with van der Waals surface area (Å²) >= 11 is 1.35. The molecule has 2 aromatic rings. The van der Waals surface area contributed by atoms with Crippen molar-refractivity contribution in [2.75, 3.05) is 12.9 Å². The molecule has 1 aliphatic carbocycles. The van der Waals surface area contributed by atoms with Gasteiger partial charge in [0.15, 0.2) is 5.82 Å². The van der Waals surface area contributed by atoms with Gasteiger partial charge in [0, 0.05) is 11.6 Å². The van der Waals surface area contributed by atoms with Crippen LogP contribution in [0.3, 0.4) is 0 Å². The van der Waals surface area contributed by atoms with Crippen LogP contribution in [0.15, 0.2) is 29.4 Å². The minimum absolute atomic E-state index is 0.0551. The molecule has 1 aliphatic rings. The van der Waals surface area contributed by atoms with E-state index in [0.717, 1.165) is 17.7 Å². The minimum atomic E-state index is 0.0551. The number of aromatic nitrogens is 3. The minimum Gasteiger partial charge on any atom is -0.497 e. The van der Waals surface area contributed by atoms with Gasteiger partial charge in [0.25, 0.3) is 0 Å². The van der Waals surface area contributed by atoms with Gasteiger partial charge in [0.2, 0.25) is 11.1 Å². The average Bonchev–Trinajstić information content (AvgIpc) is 3.11. The molecule has 1 aromatic heterocycles. The lowest BCUT2D eigenvalue weighted by atomic mass is 9.86. The van der Waals surface area contributed by atoms with E-state index in [9.17, 15) is 4.79 Å². The number of thioether (sulfide) groups is 1. The molecule has 2 atom stereocenters. The van der Waals surface area contributed by atoms with Crippen molar-refractivity contribution in [3.05, 3.63) is 24.3 Å². The smallest absolute Gasteiger partial charge is 0.230 e. The number of H-pyrrole nitrogens is 1. The summed E-state index contributed by atoms with van der Waals surface area (Å²) in [5, 5.41) is 10.8. The number of hydrogen-bond acceptors (Lipinski definition) is 5. The number of nitrogens with one attached hydrogen (secondary N) is 2. The highest BCUT2D eigenvalue weighted by molar-refractivity contribution is 7.99. The molecular formula is C18H24N4O2S. The van der Waals surface area contributed by atoms with Gasteiger partial charge in [-0.1, -0.05) is 31.5 Å². The largest absolute Gasteiger partial charge is 0.497 e. The molecule has 134 valence electrons. The summed E-state index contributed by atoms with van der Waals surface area (Å²) in [5.74, 6) is 2.44. The lowest BCUT2D eigenvalue weighted by molar-refractivity contribution is -0.119. The van der Waals surface area contributed by atoms with Gasteiger partial charge >= 0.3 is 0 Å². The number of rotatable bonds is 6. The van der Waals surface area contributed by atoms with E-state index in [1.807, 2.05) is 24.3 Å². The standard InChI is InChI=1S/C18H24N4O2S/c1-12-5-3-4-6-15(12)19-16(23)11-25-18-20-17(21-22-18)13-7-9-14(24-2)10-8-13/h7-10,12,15H,3-6,11H2,1-2H3,(H,19,23)(H,20,21,22)/t12-,15-/m1/s1. The zero-order valence-corrected chi connectivity index (χ0v) is 15.4. The maximum Gasteiger partial charge on any atom is 0.230 e. The van der Waals surface area contributed by atoms with Gasteiger partial charge < -0.3 is 10.1 Å². The second kappa shape index (κ2) is 8.38. The first-order valence-corrected chi connectivity index (χ1v) is 9.63. The summed E-state index contributed by atoms with van der Waals surface area (Å²) in [7, 11) is 1.64. The Kier molecular flexibility index (Phi) is 5.96. The Balaban J connectivity index is 1.51. The van der Waals surface area contributed by atoms with Crippen molar-refractivity contribution in [1.82, 2.24) is 20.5 Å². The monoisotopic (exact) mass is 360 g/mol. The molecule has 0 saturated heterocycles. The number of hydrogen-bond donors (Lipinski definition) is 2. The third kappa shape index (κ3) is 4.75. The molecule has 0 unspecified atom stereocenters. The number of methoxy groups -OCH3 is 1. The quantitative estimate of drug-likeness (QED) is 0.773. The van der Waals surface area contributed by atoms with Crippen LogP contribution in [0.1, 0.15) is 32.6 Å². The molecule has 3 rings (SSSR count). The van der Waals surface area contributed by atoms with Crippen LogP contribution < -0.4 is 10.1 Å². The molecule has 7 heteroatoms. The molecule has 0 bridgehead atoms. The second-order valence-corrected chi connectivity index (χ2v) is 7.36. The van der Waals surface area contributed by atoms with Crippen molar-refractivity contribution in [3.8, 4) is 17.1 Å². The Morgan fingerprint density at radius 3 is 2.80 bits per heavy atom. The molecule has 0 radical (unpaired) electrons. The van der Waals surface area contributed by atoms with Gasteiger partial charge in [-0.25, -0.2) is 4.98 Å². The third-order valence-electron chi connectivity index (χ3n) is 4.62. The molecule has 6 nitrogen and oxygen atoms in total. The highest BCUT2D eigenvalue weighted by Crippen LogP contribution is 2.24. The second-order valence-electron chi connectivity index (χ2n) is 6.42. The summed E-state index contributed by atoms with van der Waals surface area (Å²) in [5.41, 5.74) is 0.931. The fourth-order valence-corrected chi connectivity index (χ4v) is 3.71. The maximum atomic E-state index is 12.2. The van der Waals surface area contributed by atoms with E-state index in [-0.39, 0.29) is 5.91 Å². The SMILES string of the molecule is COc1ccc(-c2nc(SCC(=O)N[C@@H]3CCCC[C@H]3C)n[nH]2)cc1. The van der Waals surface area contributed by atoms with Crippen LogP contribution in [0.2, 0.25) is 0 Å². The van der Waals surface area contributed by atoms with Crippen LogP contribution in [0.5, 0.6) is 5.75 Å². The van der Waals surface area contributed by atoms with Gasteiger partial charge in [-0.3, -0.25) is 9.89 Å². The van der Waals surface area contributed by atoms with Crippen molar-refractivity contribution in [2.24, 2.45) is 5.92 Å². The van der Waals surface area contributed by atoms with Crippen LogP contribution >= 0.6 is 11.8 Å². The van der Waals surface area contributed by atoms with Crippen molar-refractivity contribution in [1.29, 1.82) is 0 Å². The zero-order chi connectivity index (χ0) is 17.6. The number of benzene rings is 1. The molecular weight excluding hydrogens is 336 g/mol. The fourth-order valence-electron chi connectivity index (χ4n) is 3.10. The molecule has 0 aliphatic heterocycles. The van der Waals surface area contributed by atoms with E-state index in [4.69, 9.17) is 4.74 Å². The first kappa shape index (κ1) is 17.8. The van der Waals surface area contributed by atoms with E-state index in [1.54, 1.807) is 7.11 Å². The van der Waals surface area contributed by atoms with Crippen LogP contribution in [-0.4, -0.2) is 40.0 Å². The van der Waals surface area contributed by atoms with E-state index >= 15 is 0 Å². The Morgan fingerprint density at radius 1 is 1.32 bits per heavy atom. The number of amides is 1. The molecule has 25 heavy (non-hydrogen) atoms. The summed E-state index contributed by atoms with van der Waals surface area (Å²) in [6.07, 6.45) is 4.76. The normalized spacial score (nSPS) is 20.2. The van der Waals surface area contributed by atoms with Crippen LogP contribution in [0, 0.1) is 5.92 Å². The Hall–Kier alpha value is -2.02. The summed E-state index contributed by atoms with van der Waals surface area (Å²) in [4.78, 5) is 16.6. The predicted molar refractivity (Wildman–Crippen MR) is 98.7 cm³/mol. The Bertz CT molecular complexity index is 701. The number of carbonyl (C=O) groups excluding carboxylic acids is 1. The Morgan fingerprint density at radius 2 is 2.08 bits per heavy atom. The average molecular weight is 360 g/mol. The highest BCUT2D eigenvalue weighted by Gasteiger charge is 2.22. The van der Waals surface area contributed by atoms with Crippen LogP contribution in [-0.2, 0) is 4.79 Å². The predicted octanol–water partition coefficient (Wildman–Crippen LogP) is 3.27. The number of aromatic amines is 1. The van der Waals surface area contributed by atoms with Crippen LogP contribution in [0.4, 0.5) is 0 Å². The number of ether oxygens (including phenoxy) is 1. The Labute approximate surface area is 152 Å². The number of carbonyl (C=O) groups is 1. The molecule has 2 N–H and O–H groups in total. The topological polar surface area (TPSA) is 79.9 Å². The van der Waals surface area contributed by atoms with Crippen molar-refractivity contribution < 1.29 is 9.53 Å². The van der Waals surface area contributed by atoms with Crippen molar-refractivity contribution in [2.45, 2.75) is 43.8 Å². The van der Waals surface area contributed by atoms with E-state index in [2.05, 4.69) is 27.4 Å². The first-order valence-electron chi connectivity index (χ1n) is 8.64. The van der Waals surface area contributed by atoms with E-state index < -0.39 is 0 Å². The number of nitrogens with zero attached hydrogens (tertiary/aromatic N) is 2. The first-order chi connectivity index (χ1) is 12.2. The summed E-state index contributed by atoms with van der Waals surface area (Å²) < 4.78 is 5.15. The van der Waals surface area contributed by atoms with Crippen LogP contribution in [0.25, 0.3) is 11.4 Å². The highest BCUT2D eigenvalue weighted by atomic mass is 32.2. The molecule has 1 aromatic carbocycles. The van der Waals surface area contributed by atoms with Crippen molar-refractivity contribution in [3.63, 3.8) is 0 Å². The molecule has 1 saturated carbocycles. The van der Waals surface area contributed by atoms with E-state index in [0.29, 0.717) is 28.7 Å².